The maximum atomic E-state index is 12.4. The van der Waals surface area contributed by atoms with Crippen LogP contribution in [0.3, 0.4) is 0 Å². The van der Waals surface area contributed by atoms with Gasteiger partial charge in [0.2, 0.25) is 11.8 Å². The lowest BCUT2D eigenvalue weighted by Gasteiger charge is -2.36. The fourth-order valence-corrected chi connectivity index (χ4v) is 4.77. The highest BCUT2D eigenvalue weighted by atomic mass is 16.6. The van der Waals surface area contributed by atoms with Gasteiger partial charge in [0.15, 0.2) is 0 Å². The zero-order chi connectivity index (χ0) is 27.0. The third-order valence-corrected chi connectivity index (χ3v) is 6.93. The molecule has 11 nitrogen and oxygen atoms in total. The van der Waals surface area contributed by atoms with Crippen molar-refractivity contribution >= 4 is 28.9 Å². The standard InChI is InChI=1S/C27H35N7O4/c1-17(19-12-23(35)29-15-19)37-25-24-21(30-16-32(24)5)13-20(31-25)18-6-7-22(28-14-18)33-8-10-34(11-9-33)26(36)38-27(2,3)4/h6-7,13-14,16-17,19H,8-12,15H2,1-5H3,(H,29,35)/t17-,19?/m1/s1. The van der Waals surface area contributed by atoms with Crippen LogP contribution in [-0.2, 0) is 16.6 Å². The van der Waals surface area contributed by atoms with Crippen molar-refractivity contribution in [3.8, 4) is 17.1 Å². The number of piperazine rings is 1. The van der Waals surface area contributed by atoms with Gasteiger partial charge >= 0.3 is 6.09 Å². The number of aromatic nitrogens is 4. The topological polar surface area (TPSA) is 115 Å². The summed E-state index contributed by atoms with van der Waals surface area (Å²) in [6, 6.07) is 5.90. The Kier molecular flexibility index (Phi) is 6.85. The molecular formula is C27H35N7O4. The van der Waals surface area contributed by atoms with Crippen LogP contribution < -0.4 is 15.0 Å². The number of ether oxygens (including phenoxy) is 2. The number of hydrogen-bond donors (Lipinski definition) is 1. The summed E-state index contributed by atoms with van der Waals surface area (Å²) in [5.74, 6) is 1.48. The summed E-state index contributed by atoms with van der Waals surface area (Å²) in [5, 5.41) is 2.87. The summed E-state index contributed by atoms with van der Waals surface area (Å²) in [5.41, 5.74) is 2.65. The van der Waals surface area contributed by atoms with E-state index in [0.29, 0.717) is 50.7 Å². The number of imidazole rings is 1. The fourth-order valence-electron chi connectivity index (χ4n) is 4.77. The summed E-state index contributed by atoms with van der Waals surface area (Å²) in [6.07, 6.45) is 3.54. The largest absolute Gasteiger partial charge is 0.473 e. The first-order valence-electron chi connectivity index (χ1n) is 13.0. The Labute approximate surface area is 222 Å². The normalized spacial score (nSPS) is 19.0. The number of aryl methyl sites for hydroxylation is 1. The Bertz CT molecular complexity index is 1320. The molecule has 1 N–H and O–H groups in total. The van der Waals surface area contributed by atoms with Gasteiger partial charge in [-0.25, -0.2) is 19.7 Å². The lowest BCUT2D eigenvalue weighted by molar-refractivity contribution is -0.119. The van der Waals surface area contributed by atoms with Gasteiger partial charge in [-0.3, -0.25) is 4.79 Å². The minimum atomic E-state index is -0.506. The molecular weight excluding hydrogens is 486 g/mol. The molecule has 202 valence electrons. The monoisotopic (exact) mass is 521 g/mol. The van der Waals surface area contributed by atoms with E-state index in [0.717, 1.165) is 22.4 Å². The Morgan fingerprint density at radius 3 is 2.55 bits per heavy atom. The molecule has 0 bridgehead atoms. The van der Waals surface area contributed by atoms with Gasteiger partial charge in [0.1, 0.15) is 23.0 Å². The third kappa shape index (κ3) is 5.51. The lowest BCUT2D eigenvalue weighted by Crippen LogP contribution is -2.50. The molecule has 2 atom stereocenters. The first-order chi connectivity index (χ1) is 18.1. The van der Waals surface area contributed by atoms with Gasteiger partial charge in [-0.15, -0.1) is 0 Å². The van der Waals surface area contributed by atoms with Gasteiger partial charge in [-0.05, 0) is 45.9 Å². The minimum Gasteiger partial charge on any atom is -0.473 e. The quantitative estimate of drug-likeness (QED) is 0.545. The molecule has 2 aliphatic heterocycles. The van der Waals surface area contributed by atoms with Gasteiger partial charge in [0.05, 0.1) is 17.5 Å². The third-order valence-electron chi connectivity index (χ3n) is 6.93. The number of nitrogens with one attached hydrogen (secondary N) is 1. The average molecular weight is 522 g/mol. The fraction of sp³-hybridized carbons (Fsp3) is 0.519. The number of amides is 2. The number of hydrogen-bond acceptors (Lipinski definition) is 8. The van der Waals surface area contributed by atoms with E-state index in [1.165, 1.54) is 0 Å². The molecule has 2 saturated heterocycles. The van der Waals surface area contributed by atoms with E-state index in [1.807, 2.05) is 57.5 Å². The summed E-state index contributed by atoms with van der Waals surface area (Å²) in [7, 11) is 1.91. The summed E-state index contributed by atoms with van der Waals surface area (Å²) in [4.78, 5) is 42.0. The van der Waals surface area contributed by atoms with E-state index in [-0.39, 0.29) is 24.0 Å². The molecule has 3 aromatic rings. The second kappa shape index (κ2) is 10.1. The number of carbonyl (C=O) groups excluding carboxylic acids is 2. The van der Waals surface area contributed by atoms with Crippen LogP contribution in [0.25, 0.3) is 22.3 Å². The molecule has 0 aromatic carbocycles. The zero-order valence-electron chi connectivity index (χ0n) is 22.6. The number of pyridine rings is 2. The van der Waals surface area contributed by atoms with Gasteiger partial charge in [-0.2, -0.15) is 0 Å². The van der Waals surface area contributed by atoms with E-state index in [2.05, 4.69) is 15.2 Å². The maximum Gasteiger partial charge on any atom is 0.410 e. The highest BCUT2D eigenvalue weighted by Crippen LogP contribution is 2.31. The first-order valence-corrected chi connectivity index (χ1v) is 13.0. The molecule has 0 radical (unpaired) electrons. The number of nitrogens with zero attached hydrogens (tertiary/aromatic N) is 6. The van der Waals surface area contributed by atoms with Crippen LogP contribution >= 0.6 is 0 Å². The van der Waals surface area contributed by atoms with Crippen LogP contribution in [0.2, 0.25) is 0 Å². The average Bonchev–Trinajstić information content (AvgIpc) is 3.49. The number of fused-ring (bicyclic) bond motifs is 1. The van der Waals surface area contributed by atoms with Gasteiger partial charge in [0, 0.05) is 63.9 Å². The molecule has 0 aliphatic carbocycles. The van der Waals surface area contributed by atoms with Crippen molar-refractivity contribution in [2.75, 3.05) is 37.6 Å². The van der Waals surface area contributed by atoms with Crippen molar-refractivity contribution < 1.29 is 19.1 Å². The Morgan fingerprint density at radius 2 is 1.92 bits per heavy atom. The number of carbonyl (C=O) groups is 2. The molecule has 2 fully saturated rings. The molecule has 0 saturated carbocycles. The summed E-state index contributed by atoms with van der Waals surface area (Å²) < 4.78 is 13.7. The maximum absolute atomic E-state index is 12.4. The highest BCUT2D eigenvalue weighted by Gasteiger charge is 2.29. The van der Waals surface area contributed by atoms with Crippen LogP contribution in [0.5, 0.6) is 5.88 Å². The molecule has 2 aliphatic rings. The molecule has 11 heteroatoms. The Balaban J connectivity index is 1.30. The second-order valence-corrected chi connectivity index (χ2v) is 11.0. The van der Waals surface area contributed by atoms with E-state index in [1.54, 1.807) is 17.4 Å². The smallest absolute Gasteiger partial charge is 0.410 e. The van der Waals surface area contributed by atoms with Gasteiger partial charge in [0.25, 0.3) is 0 Å². The number of anilines is 1. The van der Waals surface area contributed by atoms with Crippen molar-refractivity contribution in [2.45, 2.75) is 45.8 Å². The molecule has 0 spiro atoms. The van der Waals surface area contributed by atoms with Gasteiger partial charge < -0.3 is 29.2 Å². The first kappa shape index (κ1) is 25.7. The van der Waals surface area contributed by atoms with Gasteiger partial charge in [-0.1, -0.05) is 0 Å². The van der Waals surface area contributed by atoms with Crippen LogP contribution in [0.15, 0.2) is 30.7 Å². The summed E-state index contributed by atoms with van der Waals surface area (Å²) >= 11 is 0. The van der Waals surface area contributed by atoms with Crippen LogP contribution in [-0.4, -0.2) is 80.8 Å². The molecule has 5 heterocycles. The Hall–Kier alpha value is -3.89. The minimum absolute atomic E-state index is 0.0512. The van der Waals surface area contributed by atoms with Crippen molar-refractivity contribution in [1.29, 1.82) is 0 Å². The highest BCUT2D eigenvalue weighted by molar-refractivity contribution is 5.84. The van der Waals surface area contributed by atoms with Crippen LogP contribution in [0.1, 0.15) is 34.1 Å². The Morgan fingerprint density at radius 1 is 1.16 bits per heavy atom. The van der Waals surface area contributed by atoms with Crippen LogP contribution in [0, 0.1) is 5.92 Å². The second-order valence-electron chi connectivity index (χ2n) is 11.0. The number of rotatable bonds is 5. The molecule has 5 rings (SSSR count). The van der Waals surface area contributed by atoms with Crippen molar-refractivity contribution in [3.05, 3.63) is 30.7 Å². The molecule has 2 amide bonds. The van der Waals surface area contributed by atoms with Crippen molar-refractivity contribution in [2.24, 2.45) is 13.0 Å². The lowest BCUT2D eigenvalue weighted by atomic mass is 10.0. The predicted molar refractivity (Wildman–Crippen MR) is 143 cm³/mol. The van der Waals surface area contributed by atoms with E-state index < -0.39 is 5.60 Å². The van der Waals surface area contributed by atoms with E-state index >= 15 is 0 Å². The van der Waals surface area contributed by atoms with E-state index in [4.69, 9.17) is 19.4 Å². The zero-order valence-corrected chi connectivity index (χ0v) is 22.6. The molecule has 3 aromatic heterocycles. The van der Waals surface area contributed by atoms with Crippen molar-refractivity contribution in [1.82, 2.24) is 29.7 Å². The predicted octanol–water partition coefficient (Wildman–Crippen LogP) is 2.99. The van der Waals surface area contributed by atoms with E-state index in [9.17, 15) is 9.59 Å². The summed E-state index contributed by atoms with van der Waals surface area (Å²) in [6.45, 7) is 10.7. The SMILES string of the molecule is C[C@@H](Oc1nc(-c2ccc(N3CCN(C(=O)OC(C)(C)C)CC3)nc2)cc2ncn(C)c12)C1CNC(=O)C1. The van der Waals surface area contributed by atoms with Crippen LogP contribution in [0.4, 0.5) is 10.6 Å². The van der Waals surface area contributed by atoms with Crippen molar-refractivity contribution in [3.63, 3.8) is 0 Å². The molecule has 1 unspecified atom stereocenters. The molecule has 38 heavy (non-hydrogen) atoms.